The molecule has 0 atom stereocenters. The highest BCUT2D eigenvalue weighted by Crippen LogP contribution is 2.29. The van der Waals surface area contributed by atoms with Crippen molar-refractivity contribution < 1.29 is 14.3 Å². The van der Waals surface area contributed by atoms with Crippen molar-refractivity contribution in [2.24, 2.45) is 5.10 Å². The zero-order valence-corrected chi connectivity index (χ0v) is 19.4. The molecular formula is C25H25ClN2O3S. The Morgan fingerprint density at radius 3 is 2.59 bits per heavy atom. The highest BCUT2D eigenvalue weighted by molar-refractivity contribution is 7.99. The number of hydrogen-bond donors (Lipinski definition) is 1. The summed E-state index contributed by atoms with van der Waals surface area (Å²) in [6.45, 7) is 2.89. The number of nitrogens with one attached hydrogen (secondary N) is 1. The van der Waals surface area contributed by atoms with Crippen LogP contribution in [0.25, 0.3) is 0 Å². The minimum atomic E-state index is -0.166. The number of nitrogens with zero attached hydrogens (tertiary/aromatic N) is 1. The Morgan fingerprint density at radius 1 is 1.00 bits per heavy atom. The molecule has 0 heterocycles. The standard InChI is InChI=1S/C25H25ClN2O3S/c1-2-30-24-14-20(11-12-23(24)31-16-19-7-4-3-5-8-19)15-27-28-25(29)18-32-17-21-9-6-10-22(26)13-21/h3-15H,2,16-18H2,1H3,(H,28,29)/b27-15-. The molecule has 0 aliphatic carbocycles. The summed E-state index contributed by atoms with van der Waals surface area (Å²) in [5, 5.41) is 4.74. The van der Waals surface area contributed by atoms with Crippen molar-refractivity contribution in [1.29, 1.82) is 0 Å². The number of carbonyl (C=O) groups is 1. The summed E-state index contributed by atoms with van der Waals surface area (Å²) in [6, 6.07) is 23.1. The van der Waals surface area contributed by atoms with Gasteiger partial charge in [0.15, 0.2) is 11.5 Å². The first-order valence-corrected chi connectivity index (χ1v) is 11.7. The lowest BCUT2D eigenvalue weighted by Gasteiger charge is -2.12. The van der Waals surface area contributed by atoms with Gasteiger partial charge in [0.2, 0.25) is 5.91 Å². The molecule has 0 spiro atoms. The first-order valence-electron chi connectivity index (χ1n) is 10.2. The van der Waals surface area contributed by atoms with Crippen molar-refractivity contribution in [3.05, 3.63) is 94.5 Å². The third-order valence-corrected chi connectivity index (χ3v) is 5.54. The Morgan fingerprint density at radius 2 is 1.81 bits per heavy atom. The van der Waals surface area contributed by atoms with E-state index < -0.39 is 0 Å². The second-order valence-electron chi connectivity index (χ2n) is 6.83. The van der Waals surface area contributed by atoms with E-state index in [0.717, 1.165) is 16.7 Å². The normalized spacial score (nSPS) is 10.8. The highest BCUT2D eigenvalue weighted by atomic mass is 35.5. The van der Waals surface area contributed by atoms with Gasteiger partial charge in [-0.2, -0.15) is 5.10 Å². The fraction of sp³-hybridized carbons (Fsp3) is 0.200. The molecule has 0 aliphatic heterocycles. The van der Waals surface area contributed by atoms with E-state index in [-0.39, 0.29) is 5.91 Å². The van der Waals surface area contributed by atoms with Crippen molar-refractivity contribution in [3.8, 4) is 11.5 Å². The summed E-state index contributed by atoms with van der Waals surface area (Å²) in [6.07, 6.45) is 1.59. The monoisotopic (exact) mass is 468 g/mol. The van der Waals surface area contributed by atoms with Gasteiger partial charge >= 0.3 is 0 Å². The van der Waals surface area contributed by atoms with Gasteiger partial charge < -0.3 is 9.47 Å². The second kappa shape index (κ2) is 12.8. The first kappa shape index (κ1) is 23.7. The maximum Gasteiger partial charge on any atom is 0.250 e. The van der Waals surface area contributed by atoms with Gasteiger partial charge in [-0.1, -0.05) is 54.1 Å². The lowest BCUT2D eigenvalue weighted by molar-refractivity contribution is -0.118. The maximum atomic E-state index is 12.0. The Balaban J connectivity index is 1.49. The van der Waals surface area contributed by atoms with Gasteiger partial charge in [0.05, 0.1) is 18.6 Å². The molecule has 3 rings (SSSR count). The van der Waals surface area contributed by atoms with Crippen LogP contribution in [0.3, 0.4) is 0 Å². The average Bonchev–Trinajstić information content (AvgIpc) is 2.79. The van der Waals surface area contributed by atoms with Crippen LogP contribution in [0.1, 0.15) is 23.6 Å². The van der Waals surface area contributed by atoms with Crippen molar-refractivity contribution in [2.45, 2.75) is 19.3 Å². The predicted molar refractivity (Wildman–Crippen MR) is 132 cm³/mol. The quantitative estimate of drug-likeness (QED) is 0.289. The molecule has 0 aromatic heterocycles. The third-order valence-electron chi connectivity index (χ3n) is 4.30. The molecule has 0 radical (unpaired) electrons. The summed E-state index contributed by atoms with van der Waals surface area (Å²) >= 11 is 7.48. The molecule has 3 aromatic carbocycles. The van der Waals surface area contributed by atoms with E-state index >= 15 is 0 Å². The number of ether oxygens (including phenoxy) is 2. The molecule has 32 heavy (non-hydrogen) atoms. The summed E-state index contributed by atoms with van der Waals surface area (Å²) in [5.74, 6) is 2.14. The number of hydrazone groups is 1. The molecule has 7 heteroatoms. The second-order valence-corrected chi connectivity index (χ2v) is 8.25. The average molecular weight is 469 g/mol. The molecule has 0 aliphatic rings. The number of carbonyl (C=O) groups excluding carboxylic acids is 1. The van der Waals surface area contributed by atoms with Crippen LogP contribution < -0.4 is 14.9 Å². The SMILES string of the molecule is CCOc1cc(/C=N\NC(=O)CSCc2cccc(Cl)c2)ccc1OCc1ccccc1. The Hall–Kier alpha value is -2.96. The molecule has 0 fully saturated rings. The van der Waals surface area contributed by atoms with Crippen LogP contribution >= 0.6 is 23.4 Å². The fourth-order valence-electron chi connectivity index (χ4n) is 2.83. The van der Waals surface area contributed by atoms with Crippen molar-refractivity contribution in [1.82, 2.24) is 5.43 Å². The molecule has 0 unspecified atom stereocenters. The fourth-order valence-corrected chi connectivity index (χ4v) is 3.81. The Bertz CT molecular complexity index is 1040. The van der Waals surface area contributed by atoms with Crippen LogP contribution in [0.5, 0.6) is 11.5 Å². The van der Waals surface area contributed by atoms with E-state index in [4.69, 9.17) is 21.1 Å². The van der Waals surface area contributed by atoms with Crippen LogP contribution in [-0.4, -0.2) is 24.5 Å². The van der Waals surface area contributed by atoms with Crippen molar-refractivity contribution >= 4 is 35.5 Å². The van der Waals surface area contributed by atoms with Gasteiger partial charge in [-0.05, 0) is 53.9 Å². The van der Waals surface area contributed by atoms with Crippen LogP contribution in [0.4, 0.5) is 0 Å². The molecule has 166 valence electrons. The van der Waals surface area contributed by atoms with Gasteiger partial charge in [-0.3, -0.25) is 4.79 Å². The van der Waals surface area contributed by atoms with Crippen LogP contribution in [0.15, 0.2) is 77.9 Å². The molecular weight excluding hydrogens is 444 g/mol. The van der Waals surface area contributed by atoms with Crippen molar-refractivity contribution in [2.75, 3.05) is 12.4 Å². The molecule has 3 aromatic rings. The van der Waals surface area contributed by atoms with Gasteiger partial charge in [0, 0.05) is 10.8 Å². The summed E-state index contributed by atoms with van der Waals surface area (Å²) in [5.41, 5.74) is 5.51. The van der Waals surface area contributed by atoms with E-state index in [2.05, 4.69) is 10.5 Å². The van der Waals surface area contributed by atoms with Gasteiger partial charge in [0.25, 0.3) is 0 Å². The number of rotatable bonds is 11. The topological polar surface area (TPSA) is 59.9 Å². The van der Waals surface area contributed by atoms with E-state index in [0.29, 0.717) is 41.2 Å². The van der Waals surface area contributed by atoms with Gasteiger partial charge in [0.1, 0.15) is 6.61 Å². The minimum Gasteiger partial charge on any atom is -0.490 e. The van der Waals surface area contributed by atoms with Gasteiger partial charge in [-0.15, -0.1) is 11.8 Å². The van der Waals surface area contributed by atoms with Crippen molar-refractivity contribution in [3.63, 3.8) is 0 Å². The smallest absolute Gasteiger partial charge is 0.250 e. The summed E-state index contributed by atoms with van der Waals surface area (Å²) in [4.78, 5) is 12.0. The van der Waals surface area contributed by atoms with Crippen LogP contribution in [0.2, 0.25) is 5.02 Å². The number of thioether (sulfide) groups is 1. The van der Waals surface area contributed by atoms with Crippen LogP contribution in [-0.2, 0) is 17.2 Å². The Labute approximate surface area is 197 Å². The number of benzene rings is 3. The largest absolute Gasteiger partial charge is 0.490 e. The molecule has 0 bridgehead atoms. The molecule has 0 saturated carbocycles. The maximum absolute atomic E-state index is 12.0. The number of halogens is 1. The summed E-state index contributed by atoms with van der Waals surface area (Å²) < 4.78 is 11.6. The third kappa shape index (κ3) is 7.94. The molecule has 5 nitrogen and oxygen atoms in total. The summed E-state index contributed by atoms with van der Waals surface area (Å²) in [7, 11) is 0. The lowest BCUT2D eigenvalue weighted by atomic mass is 10.2. The Kier molecular flexibility index (Phi) is 9.47. The van der Waals surface area contributed by atoms with Crippen LogP contribution in [0, 0.1) is 0 Å². The molecule has 1 N–H and O–H groups in total. The van der Waals surface area contributed by atoms with E-state index in [1.165, 1.54) is 11.8 Å². The van der Waals surface area contributed by atoms with E-state index in [9.17, 15) is 4.79 Å². The van der Waals surface area contributed by atoms with Gasteiger partial charge in [-0.25, -0.2) is 5.43 Å². The number of hydrogen-bond acceptors (Lipinski definition) is 5. The first-order chi connectivity index (χ1) is 15.6. The zero-order valence-electron chi connectivity index (χ0n) is 17.8. The molecule has 0 saturated heterocycles. The number of amides is 1. The predicted octanol–water partition coefficient (Wildman–Crippen LogP) is 5.70. The van der Waals surface area contributed by atoms with E-state index in [1.807, 2.05) is 79.7 Å². The highest BCUT2D eigenvalue weighted by Gasteiger charge is 2.07. The van der Waals surface area contributed by atoms with E-state index in [1.54, 1.807) is 6.21 Å². The molecule has 1 amide bonds. The minimum absolute atomic E-state index is 0.166. The zero-order chi connectivity index (χ0) is 22.6. The lowest BCUT2D eigenvalue weighted by Crippen LogP contribution is -2.19.